The first-order valence-corrected chi connectivity index (χ1v) is 8.45. The Morgan fingerprint density at radius 2 is 2.09 bits per heavy atom. The standard InChI is InChI=1S/C19H26N2O2/c1-12(2)7-10-21-16-8-9-20(4)11-15(16)14-6-5-13(3)17(18(14)21)19(22)23/h5-6,12H,7-11H2,1-4H3,(H,22,23). The van der Waals surface area contributed by atoms with Gasteiger partial charge in [-0.05, 0) is 37.4 Å². The minimum Gasteiger partial charge on any atom is -0.478 e. The second-order valence-electron chi connectivity index (χ2n) is 7.21. The van der Waals surface area contributed by atoms with Crippen molar-refractivity contribution >= 4 is 16.9 Å². The van der Waals surface area contributed by atoms with Crippen LogP contribution in [0.5, 0.6) is 0 Å². The predicted molar refractivity (Wildman–Crippen MR) is 93.1 cm³/mol. The second-order valence-corrected chi connectivity index (χ2v) is 7.21. The van der Waals surface area contributed by atoms with E-state index < -0.39 is 5.97 Å². The lowest BCUT2D eigenvalue weighted by Gasteiger charge is -2.24. The molecule has 0 bridgehead atoms. The SMILES string of the molecule is Cc1ccc2c3c(n(CCC(C)C)c2c1C(=O)O)CCN(C)C3. The first-order valence-electron chi connectivity index (χ1n) is 8.45. The molecule has 0 aliphatic carbocycles. The van der Waals surface area contributed by atoms with E-state index in [2.05, 4.69) is 36.4 Å². The molecule has 0 amide bonds. The molecule has 1 aliphatic rings. The van der Waals surface area contributed by atoms with E-state index in [1.165, 1.54) is 11.3 Å². The lowest BCUT2D eigenvalue weighted by Crippen LogP contribution is -2.27. The summed E-state index contributed by atoms with van der Waals surface area (Å²) in [4.78, 5) is 14.2. The van der Waals surface area contributed by atoms with Crippen molar-refractivity contribution in [3.8, 4) is 0 Å². The van der Waals surface area contributed by atoms with Crippen molar-refractivity contribution in [1.29, 1.82) is 0 Å². The maximum Gasteiger partial charge on any atom is 0.338 e. The van der Waals surface area contributed by atoms with Crippen molar-refractivity contribution in [3.05, 3.63) is 34.5 Å². The number of hydrogen-bond donors (Lipinski definition) is 1. The van der Waals surface area contributed by atoms with E-state index in [-0.39, 0.29) is 0 Å². The van der Waals surface area contributed by atoms with E-state index in [0.29, 0.717) is 11.5 Å². The van der Waals surface area contributed by atoms with E-state index in [1.54, 1.807) is 0 Å². The summed E-state index contributed by atoms with van der Waals surface area (Å²) in [5.41, 5.74) is 4.91. The fraction of sp³-hybridized carbons (Fsp3) is 0.526. The third-order valence-electron chi connectivity index (χ3n) is 4.96. The highest BCUT2D eigenvalue weighted by Crippen LogP contribution is 2.34. The fourth-order valence-corrected chi connectivity index (χ4v) is 3.68. The molecule has 1 N–H and O–H groups in total. The highest BCUT2D eigenvalue weighted by atomic mass is 16.4. The van der Waals surface area contributed by atoms with E-state index in [1.807, 2.05) is 13.0 Å². The third kappa shape index (κ3) is 2.76. The molecule has 0 spiro atoms. The molecule has 1 aromatic heterocycles. The number of rotatable bonds is 4. The molecule has 1 aliphatic heterocycles. The fourth-order valence-electron chi connectivity index (χ4n) is 3.68. The largest absolute Gasteiger partial charge is 0.478 e. The summed E-state index contributed by atoms with van der Waals surface area (Å²) in [6, 6.07) is 4.06. The van der Waals surface area contributed by atoms with Crippen LogP contribution >= 0.6 is 0 Å². The molecule has 3 rings (SSSR count). The molecule has 0 saturated heterocycles. The first-order chi connectivity index (χ1) is 10.9. The number of aromatic carboxylic acids is 1. The average Bonchev–Trinajstić information content (AvgIpc) is 2.77. The first kappa shape index (κ1) is 16.1. The van der Waals surface area contributed by atoms with Crippen LogP contribution in [0.3, 0.4) is 0 Å². The molecule has 4 nitrogen and oxygen atoms in total. The number of benzene rings is 1. The van der Waals surface area contributed by atoms with Crippen LogP contribution in [-0.2, 0) is 19.5 Å². The number of hydrogen-bond acceptors (Lipinski definition) is 2. The summed E-state index contributed by atoms with van der Waals surface area (Å²) in [7, 11) is 2.13. The number of fused-ring (bicyclic) bond motifs is 3. The quantitative estimate of drug-likeness (QED) is 0.936. The number of carboxylic acid groups (broad SMARTS) is 1. The van der Waals surface area contributed by atoms with Gasteiger partial charge in [-0.1, -0.05) is 26.0 Å². The maximum atomic E-state index is 11.9. The average molecular weight is 314 g/mol. The van der Waals surface area contributed by atoms with Gasteiger partial charge in [-0.2, -0.15) is 0 Å². The van der Waals surface area contributed by atoms with Gasteiger partial charge in [-0.25, -0.2) is 4.79 Å². The zero-order valence-corrected chi connectivity index (χ0v) is 14.5. The normalized spacial score (nSPS) is 15.3. The summed E-state index contributed by atoms with van der Waals surface area (Å²) in [5, 5.41) is 10.9. The van der Waals surface area contributed by atoms with Gasteiger partial charge in [0.25, 0.3) is 0 Å². The molecule has 124 valence electrons. The summed E-state index contributed by atoms with van der Waals surface area (Å²) in [5.74, 6) is -0.213. The minimum absolute atomic E-state index is 0.475. The van der Waals surface area contributed by atoms with Crippen molar-refractivity contribution in [2.75, 3.05) is 13.6 Å². The van der Waals surface area contributed by atoms with Crippen LogP contribution in [0.2, 0.25) is 0 Å². The van der Waals surface area contributed by atoms with Crippen LogP contribution in [-0.4, -0.2) is 34.1 Å². The highest BCUT2D eigenvalue weighted by Gasteiger charge is 2.26. The second kappa shape index (κ2) is 6.00. The Morgan fingerprint density at radius 3 is 2.74 bits per heavy atom. The molecule has 0 radical (unpaired) electrons. The highest BCUT2D eigenvalue weighted by molar-refractivity contribution is 6.05. The zero-order valence-electron chi connectivity index (χ0n) is 14.5. The van der Waals surface area contributed by atoms with Crippen LogP contribution in [0.25, 0.3) is 10.9 Å². The Balaban J connectivity index is 2.28. The third-order valence-corrected chi connectivity index (χ3v) is 4.96. The Morgan fingerprint density at radius 1 is 1.35 bits per heavy atom. The van der Waals surface area contributed by atoms with Gasteiger partial charge in [0.1, 0.15) is 0 Å². The molecule has 0 unspecified atom stereocenters. The monoisotopic (exact) mass is 314 g/mol. The number of carboxylic acids is 1. The van der Waals surface area contributed by atoms with Crippen LogP contribution in [0, 0.1) is 12.8 Å². The molecule has 0 fully saturated rings. The van der Waals surface area contributed by atoms with E-state index in [4.69, 9.17) is 0 Å². The maximum absolute atomic E-state index is 11.9. The predicted octanol–water partition coefficient (Wildman–Crippen LogP) is 3.68. The van der Waals surface area contributed by atoms with Gasteiger partial charge in [0, 0.05) is 37.1 Å². The summed E-state index contributed by atoms with van der Waals surface area (Å²) < 4.78 is 2.30. The van der Waals surface area contributed by atoms with Gasteiger partial charge in [-0.15, -0.1) is 0 Å². The Kier molecular flexibility index (Phi) is 4.19. The van der Waals surface area contributed by atoms with Gasteiger partial charge >= 0.3 is 5.97 Å². The van der Waals surface area contributed by atoms with Gasteiger partial charge in [0.15, 0.2) is 0 Å². The van der Waals surface area contributed by atoms with Gasteiger partial charge < -0.3 is 14.6 Å². The topological polar surface area (TPSA) is 45.5 Å². The lowest BCUT2D eigenvalue weighted by atomic mass is 10.0. The summed E-state index contributed by atoms with van der Waals surface area (Å²) >= 11 is 0. The number of aromatic nitrogens is 1. The molecule has 2 heterocycles. The van der Waals surface area contributed by atoms with Crippen molar-refractivity contribution in [3.63, 3.8) is 0 Å². The Bertz CT molecular complexity index is 759. The summed E-state index contributed by atoms with van der Waals surface area (Å²) in [6.45, 7) is 9.17. The zero-order chi connectivity index (χ0) is 16.7. The van der Waals surface area contributed by atoms with Crippen LogP contribution in [0.4, 0.5) is 0 Å². The van der Waals surface area contributed by atoms with Crippen molar-refractivity contribution < 1.29 is 9.90 Å². The van der Waals surface area contributed by atoms with Crippen LogP contribution < -0.4 is 0 Å². The molecule has 0 atom stereocenters. The molecule has 2 aromatic rings. The van der Waals surface area contributed by atoms with Crippen molar-refractivity contribution in [2.45, 2.75) is 46.7 Å². The smallest absolute Gasteiger partial charge is 0.338 e. The van der Waals surface area contributed by atoms with Gasteiger partial charge in [0.05, 0.1) is 11.1 Å². The van der Waals surface area contributed by atoms with Crippen LogP contribution in [0.1, 0.15) is 47.4 Å². The Hall–Kier alpha value is -1.81. The number of likely N-dealkylation sites (N-methyl/N-ethyl adjacent to an activating group) is 1. The van der Waals surface area contributed by atoms with Crippen LogP contribution in [0.15, 0.2) is 12.1 Å². The number of carbonyl (C=O) groups is 1. The molecule has 1 aromatic carbocycles. The van der Waals surface area contributed by atoms with Gasteiger partial charge in [-0.3, -0.25) is 0 Å². The molecular weight excluding hydrogens is 288 g/mol. The number of nitrogens with zero attached hydrogens (tertiary/aromatic N) is 2. The van der Waals surface area contributed by atoms with Crippen molar-refractivity contribution in [1.82, 2.24) is 9.47 Å². The lowest BCUT2D eigenvalue weighted by molar-refractivity contribution is 0.0698. The van der Waals surface area contributed by atoms with Gasteiger partial charge in [0.2, 0.25) is 0 Å². The molecular formula is C19H26N2O2. The minimum atomic E-state index is -0.818. The number of aryl methyl sites for hydroxylation is 2. The van der Waals surface area contributed by atoms with Crippen molar-refractivity contribution in [2.24, 2.45) is 5.92 Å². The summed E-state index contributed by atoms with van der Waals surface area (Å²) in [6.07, 6.45) is 2.07. The Labute approximate surface area is 137 Å². The van der Waals surface area contributed by atoms with E-state index in [9.17, 15) is 9.90 Å². The van der Waals surface area contributed by atoms with E-state index >= 15 is 0 Å². The molecule has 4 heteroatoms. The van der Waals surface area contributed by atoms with E-state index in [0.717, 1.165) is 48.9 Å². The molecule has 0 saturated carbocycles. The molecule has 23 heavy (non-hydrogen) atoms.